The van der Waals surface area contributed by atoms with Gasteiger partial charge in [0.1, 0.15) is 5.82 Å². The second-order valence-corrected chi connectivity index (χ2v) is 7.58. The van der Waals surface area contributed by atoms with Crippen LogP contribution in [-0.4, -0.2) is 23.1 Å². The Morgan fingerprint density at radius 2 is 1.88 bits per heavy atom. The van der Waals surface area contributed by atoms with E-state index in [0.717, 1.165) is 31.6 Å². The molecule has 0 aliphatic heterocycles. The Labute approximate surface area is 167 Å². The van der Waals surface area contributed by atoms with Crippen LogP contribution in [0.2, 0.25) is 5.02 Å². The molecule has 1 aromatic carbocycles. The zero-order chi connectivity index (χ0) is 17.0. The molecule has 0 amide bonds. The van der Waals surface area contributed by atoms with Crippen LogP contribution >= 0.6 is 36.4 Å². The minimum absolute atomic E-state index is 0. The van der Waals surface area contributed by atoms with Crippen LogP contribution in [-0.2, 0) is 13.0 Å². The summed E-state index contributed by atoms with van der Waals surface area (Å²) in [6.07, 6.45) is 2.87. The van der Waals surface area contributed by atoms with Crippen LogP contribution in [0.1, 0.15) is 39.4 Å². The second kappa shape index (κ2) is 10.4. The molecule has 0 aliphatic rings. The third-order valence-corrected chi connectivity index (χ3v) is 4.04. The number of aromatic nitrogens is 2. The maximum Gasteiger partial charge on any atom is 0.262 e. The van der Waals surface area contributed by atoms with Crippen molar-refractivity contribution >= 4 is 47.3 Å². The van der Waals surface area contributed by atoms with E-state index in [2.05, 4.69) is 26.1 Å². The van der Waals surface area contributed by atoms with Crippen molar-refractivity contribution in [2.45, 2.75) is 46.6 Å². The summed E-state index contributed by atoms with van der Waals surface area (Å²) < 4.78 is 1.81. The van der Waals surface area contributed by atoms with Crippen LogP contribution in [0.25, 0.3) is 10.9 Å². The van der Waals surface area contributed by atoms with Gasteiger partial charge in [-0.2, -0.15) is 0 Å². The molecule has 2 aromatic rings. The van der Waals surface area contributed by atoms with E-state index < -0.39 is 0 Å². The normalized spacial score (nSPS) is 11.1. The van der Waals surface area contributed by atoms with Crippen molar-refractivity contribution in [3.63, 3.8) is 0 Å². The molecule has 142 valence electrons. The Morgan fingerprint density at radius 3 is 2.48 bits per heavy atom. The fraction of sp³-hybridized carbons (Fsp3) is 0.556. The number of nitrogens with one attached hydrogen (secondary N) is 1. The highest BCUT2D eigenvalue weighted by Gasteiger charge is 2.18. The molecule has 0 unspecified atom stereocenters. The fourth-order valence-electron chi connectivity index (χ4n) is 2.68. The van der Waals surface area contributed by atoms with Crippen LogP contribution < -0.4 is 10.9 Å². The smallest absolute Gasteiger partial charge is 0.262 e. The summed E-state index contributed by atoms with van der Waals surface area (Å²) in [4.78, 5) is 17.7. The maximum atomic E-state index is 13.0. The summed E-state index contributed by atoms with van der Waals surface area (Å²) in [5.41, 5.74) is 0.663. The highest BCUT2D eigenvalue weighted by Crippen LogP contribution is 2.22. The van der Waals surface area contributed by atoms with Crippen molar-refractivity contribution in [1.29, 1.82) is 0 Å². The van der Waals surface area contributed by atoms with Gasteiger partial charge in [-0.25, -0.2) is 4.98 Å². The molecular formula is C18H28Cl3N3O. The second-order valence-electron chi connectivity index (χ2n) is 7.17. The Bertz CT molecular complexity index is 739. The topological polar surface area (TPSA) is 46.9 Å². The van der Waals surface area contributed by atoms with Gasteiger partial charge in [0.05, 0.1) is 15.9 Å². The van der Waals surface area contributed by atoms with Crippen molar-refractivity contribution in [2.75, 3.05) is 13.6 Å². The lowest BCUT2D eigenvalue weighted by Gasteiger charge is -2.22. The molecule has 0 bridgehead atoms. The predicted molar refractivity (Wildman–Crippen MR) is 112 cm³/mol. The van der Waals surface area contributed by atoms with Gasteiger partial charge in [-0.15, -0.1) is 24.8 Å². The van der Waals surface area contributed by atoms with Gasteiger partial charge in [0.2, 0.25) is 0 Å². The summed E-state index contributed by atoms with van der Waals surface area (Å²) in [6, 6.07) is 5.46. The molecule has 0 atom stereocenters. The van der Waals surface area contributed by atoms with E-state index in [9.17, 15) is 4.79 Å². The predicted octanol–water partition coefficient (Wildman–Crippen LogP) is 4.48. The summed E-state index contributed by atoms with van der Waals surface area (Å²) in [6.45, 7) is 7.99. The Kier molecular flexibility index (Phi) is 10.0. The van der Waals surface area contributed by atoms with Gasteiger partial charge in [0.15, 0.2) is 0 Å². The number of nitrogens with zero attached hydrogens (tertiary/aromatic N) is 2. The van der Waals surface area contributed by atoms with Gasteiger partial charge >= 0.3 is 0 Å². The molecule has 1 aromatic heterocycles. The molecule has 2 rings (SSSR count). The van der Waals surface area contributed by atoms with Gasteiger partial charge in [-0.1, -0.05) is 38.4 Å². The highest BCUT2D eigenvalue weighted by molar-refractivity contribution is 6.35. The third-order valence-electron chi connectivity index (χ3n) is 3.72. The van der Waals surface area contributed by atoms with Crippen molar-refractivity contribution < 1.29 is 0 Å². The first-order chi connectivity index (χ1) is 10.8. The Morgan fingerprint density at radius 1 is 1.20 bits per heavy atom. The van der Waals surface area contributed by atoms with E-state index in [-0.39, 0.29) is 35.8 Å². The van der Waals surface area contributed by atoms with Gasteiger partial charge < -0.3 is 5.32 Å². The average Bonchev–Trinajstić information content (AvgIpc) is 2.46. The van der Waals surface area contributed by atoms with Crippen molar-refractivity contribution in [3.05, 3.63) is 39.4 Å². The Hall–Kier alpha value is -0.810. The molecule has 0 spiro atoms. The average molecular weight is 409 g/mol. The zero-order valence-corrected chi connectivity index (χ0v) is 17.7. The van der Waals surface area contributed by atoms with E-state index in [1.807, 2.05) is 23.7 Å². The van der Waals surface area contributed by atoms with E-state index in [0.29, 0.717) is 22.5 Å². The maximum absolute atomic E-state index is 13.0. The van der Waals surface area contributed by atoms with E-state index in [1.165, 1.54) is 0 Å². The monoisotopic (exact) mass is 407 g/mol. The van der Waals surface area contributed by atoms with Crippen LogP contribution in [0, 0.1) is 5.41 Å². The number of benzene rings is 1. The van der Waals surface area contributed by atoms with Crippen molar-refractivity contribution in [3.8, 4) is 0 Å². The number of unbranched alkanes of at least 4 members (excludes halogenated alkanes) is 1. The summed E-state index contributed by atoms with van der Waals surface area (Å²) >= 11 is 6.24. The first kappa shape index (κ1) is 24.2. The number of hydrogen-bond acceptors (Lipinski definition) is 3. The summed E-state index contributed by atoms with van der Waals surface area (Å²) in [7, 11) is 1.95. The molecule has 1 N–H and O–H groups in total. The number of halogens is 3. The quantitative estimate of drug-likeness (QED) is 0.717. The van der Waals surface area contributed by atoms with E-state index >= 15 is 0 Å². The lowest BCUT2D eigenvalue weighted by Crippen LogP contribution is -2.31. The highest BCUT2D eigenvalue weighted by atomic mass is 35.5. The first-order valence-electron chi connectivity index (χ1n) is 8.16. The van der Waals surface area contributed by atoms with Crippen LogP contribution in [0.3, 0.4) is 0 Å². The van der Waals surface area contributed by atoms with Crippen molar-refractivity contribution in [1.82, 2.24) is 14.9 Å². The standard InChI is InChI=1S/C18H26ClN3O.2ClH/c1-18(2,3)12-22-15(10-5-6-11-20-4)21-14-9-7-8-13(19)16(14)17(22)23;;/h7-9,20H,5-6,10-12H2,1-4H3;2*1H. The van der Waals surface area contributed by atoms with Crippen molar-refractivity contribution in [2.24, 2.45) is 5.41 Å². The number of aryl methyl sites for hydroxylation is 1. The number of fused-ring (bicyclic) bond motifs is 1. The molecule has 0 saturated carbocycles. The molecule has 7 heteroatoms. The Balaban J connectivity index is 0.00000288. The third kappa shape index (κ3) is 6.45. The molecule has 0 radical (unpaired) electrons. The molecular weight excluding hydrogens is 381 g/mol. The molecule has 4 nitrogen and oxygen atoms in total. The van der Waals surface area contributed by atoms with E-state index in [1.54, 1.807) is 6.07 Å². The van der Waals surface area contributed by atoms with Gasteiger partial charge in [-0.05, 0) is 44.0 Å². The lowest BCUT2D eigenvalue weighted by molar-refractivity contribution is 0.330. The van der Waals surface area contributed by atoms with Gasteiger partial charge in [0.25, 0.3) is 5.56 Å². The molecule has 0 saturated heterocycles. The number of rotatable bonds is 6. The minimum atomic E-state index is -0.0286. The van der Waals surface area contributed by atoms with Crippen LogP contribution in [0.15, 0.2) is 23.0 Å². The van der Waals surface area contributed by atoms with Crippen LogP contribution in [0.5, 0.6) is 0 Å². The largest absolute Gasteiger partial charge is 0.320 e. The molecule has 0 fully saturated rings. The zero-order valence-electron chi connectivity index (χ0n) is 15.3. The summed E-state index contributed by atoms with van der Waals surface area (Å²) in [5.74, 6) is 0.857. The lowest BCUT2D eigenvalue weighted by atomic mass is 9.96. The molecule has 0 aliphatic carbocycles. The first-order valence-corrected chi connectivity index (χ1v) is 8.54. The number of hydrogen-bond donors (Lipinski definition) is 1. The van der Waals surface area contributed by atoms with Crippen LogP contribution in [0.4, 0.5) is 0 Å². The fourth-order valence-corrected chi connectivity index (χ4v) is 2.93. The molecule has 1 heterocycles. The van der Waals surface area contributed by atoms with Gasteiger partial charge in [0, 0.05) is 13.0 Å². The molecule has 25 heavy (non-hydrogen) atoms. The van der Waals surface area contributed by atoms with Gasteiger partial charge in [-0.3, -0.25) is 9.36 Å². The SMILES string of the molecule is CNCCCCc1nc2cccc(Cl)c2c(=O)n1CC(C)(C)C.Cl.Cl. The minimum Gasteiger partial charge on any atom is -0.320 e. The summed E-state index contributed by atoms with van der Waals surface area (Å²) in [5, 5.41) is 4.15. The van der Waals surface area contributed by atoms with E-state index in [4.69, 9.17) is 16.6 Å².